The minimum atomic E-state index is -1.25. The van der Waals surface area contributed by atoms with Crippen LogP contribution in [0.5, 0.6) is 0 Å². The number of hydrogen-bond donors (Lipinski definition) is 1. The minimum Gasteiger partial charge on any atom is -0.322 e. The first-order chi connectivity index (χ1) is 10.4. The molecule has 0 aromatic heterocycles. The number of hydrogen-bond acceptors (Lipinski definition) is 1. The van der Waals surface area contributed by atoms with Crippen molar-refractivity contribution < 1.29 is 41.9 Å². The van der Waals surface area contributed by atoms with Crippen LogP contribution in [0.4, 0.5) is 10.1 Å². The van der Waals surface area contributed by atoms with E-state index in [2.05, 4.69) is 26.1 Å². The van der Waals surface area contributed by atoms with Gasteiger partial charge in [0.25, 0.3) is 5.91 Å². The molecule has 1 N–H and O–H groups in total. The second-order valence-corrected chi connectivity index (χ2v) is 11.5. The standard InChI is InChI=1S/C18H27FNOP.Y/c1-6-22(7-2,8-3)18(9-10-18)17(21)20-16-13(4)11-15(19)12-14(16)5;/h11-12H,6-10H2,1-5H3;/p+1. The quantitative estimate of drug-likeness (QED) is 0.655. The van der Waals surface area contributed by atoms with Crippen molar-refractivity contribution in [2.75, 3.05) is 23.8 Å². The molecule has 5 heteroatoms. The average Bonchev–Trinajstić information content (AvgIpc) is 3.27. The van der Waals surface area contributed by atoms with E-state index in [1.807, 2.05) is 13.8 Å². The molecule has 23 heavy (non-hydrogen) atoms. The molecule has 0 atom stereocenters. The number of rotatable bonds is 6. The second kappa shape index (κ2) is 8.02. The first-order valence-corrected chi connectivity index (χ1v) is 10.6. The van der Waals surface area contributed by atoms with Crippen molar-refractivity contribution in [1.29, 1.82) is 0 Å². The van der Waals surface area contributed by atoms with E-state index in [-0.39, 0.29) is 49.6 Å². The van der Waals surface area contributed by atoms with E-state index >= 15 is 0 Å². The Balaban J connectivity index is 0.00000264. The van der Waals surface area contributed by atoms with Crippen LogP contribution in [0.1, 0.15) is 44.7 Å². The summed E-state index contributed by atoms with van der Waals surface area (Å²) < 4.78 is 13.4. The zero-order chi connectivity index (χ0) is 16.5. The van der Waals surface area contributed by atoms with Gasteiger partial charge in [-0.05, 0) is 57.9 Å². The minimum absolute atomic E-state index is 0. The summed E-state index contributed by atoms with van der Waals surface area (Å²) in [6.07, 6.45) is 5.43. The van der Waals surface area contributed by atoms with Gasteiger partial charge in [0.1, 0.15) is 5.82 Å². The molecule has 125 valence electrons. The Labute approximate surface area is 165 Å². The molecule has 1 radical (unpaired) electrons. The predicted octanol–water partition coefficient (Wildman–Crippen LogP) is 4.99. The molecule has 0 saturated heterocycles. The molecule has 0 unspecified atom stereocenters. The Bertz CT molecular complexity index is 551. The fourth-order valence-corrected chi connectivity index (χ4v) is 8.66. The fourth-order valence-electron chi connectivity index (χ4n) is 3.95. The van der Waals surface area contributed by atoms with E-state index in [1.54, 1.807) is 0 Å². The molecule has 0 heterocycles. The Morgan fingerprint density at radius 2 is 1.57 bits per heavy atom. The van der Waals surface area contributed by atoms with Crippen LogP contribution in [0, 0.1) is 19.7 Å². The first-order valence-electron chi connectivity index (χ1n) is 8.30. The van der Waals surface area contributed by atoms with Gasteiger partial charge in [0.15, 0.2) is 5.16 Å². The third-order valence-corrected chi connectivity index (χ3v) is 11.7. The van der Waals surface area contributed by atoms with E-state index in [1.165, 1.54) is 12.1 Å². The van der Waals surface area contributed by atoms with Crippen LogP contribution >= 0.6 is 7.26 Å². The normalized spacial score (nSPS) is 15.7. The molecule has 1 aliphatic rings. The maximum absolute atomic E-state index is 13.4. The Kier molecular flexibility index (Phi) is 7.39. The molecule has 1 amide bonds. The van der Waals surface area contributed by atoms with Crippen LogP contribution in [-0.4, -0.2) is 29.5 Å². The van der Waals surface area contributed by atoms with Gasteiger partial charge >= 0.3 is 0 Å². The summed E-state index contributed by atoms with van der Waals surface area (Å²) in [5, 5.41) is 3.01. The van der Waals surface area contributed by atoms with Crippen molar-refractivity contribution in [2.24, 2.45) is 0 Å². The van der Waals surface area contributed by atoms with E-state index in [0.29, 0.717) is 0 Å². The topological polar surface area (TPSA) is 29.1 Å². The number of carbonyl (C=O) groups is 1. The van der Waals surface area contributed by atoms with Crippen molar-refractivity contribution in [3.05, 3.63) is 29.1 Å². The monoisotopic (exact) mass is 413 g/mol. The third-order valence-electron chi connectivity index (χ3n) is 5.61. The number of anilines is 1. The summed E-state index contributed by atoms with van der Waals surface area (Å²) in [6.45, 7) is 10.4. The zero-order valence-electron chi connectivity index (χ0n) is 15.0. The van der Waals surface area contributed by atoms with Crippen molar-refractivity contribution in [1.82, 2.24) is 0 Å². The number of amides is 1. The second-order valence-electron chi connectivity index (χ2n) is 6.49. The van der Waals surface area contributed by atoms with E-state index in [0.717, 1.165) is 48.1 Å². The van der Waals surface area contributed by atoms with Crippen LogP contribution in [0.15, 0.2) is 12.1 Å². The molecule has 2 rings (SSSR count). The molecule has 1 aromatic rings. The molecular formula is C18H28FNOPY+. The van der Waals surface area contributed by atoms with Crippen LogP contribution in [0.25, 0.3) is 0 Å². The third kappa shape index (κ3) is 3.72. The Morgan fingerprint density at radius 3 is 1.91 bits per heavy atom. The van der Waals surface area contributed by atoms with Crippen LogP contribution in [-0.2, 0) is 37.5 Å². The summed E-state index contributed by atoms with van der Waals surface area (Å²) in [5.41, 5.74) is 2.39. The van der Waals surface area contributed by atoms with Gasteiger partial charge in [-0.25, -0.2) is 4.39 Å². The summed E-state index contributed by atoms with van der Waals surface area (Å²) >= 11 is 0. The van der Waals surface area contributed by atoms with Crippen molar-refractivity contribution in [2.45, 2.75) is 52.6 Å². The molecule has 1 fully saturated rings. The van der Waals surface area contributed by atoms with Gasteiger partial charge in [-0.15, -0.1) is 0 Å². The van der Waals surface area contributed by atoms with E-state index < -0.39 is 7.26 Å². The van der Waals surface area contributed by atoms with E-state index in [4.69, 9.17) is 0 Å². The van der Waals surface area contributed by atoms with E-state index in [9.17, 15) is 9.18 Å². The molecule has 1 aliphatic carbocycles. The SMILES string of the molecule is CC[P+](CC)(CC)C1(C(=O)Nc2c(C)cc(F)cc2C)CC1.[Y]. The Morgan fingerprint density at radius 1 is 1.13 bits per heavy atom. The van der Waals surface area contributed by atoms with Gasteiger partial charge in [-0.2, -0.15) is 0 Å². The number of halogens is 1. The first kappa shape index (κ1) is 21.2. The van der Waals surface area contributed by atoms with Gasteiger partial charge in [-0.3, -0.25) is 4.79 Å². The summed E-state index contributed by atoms with van der Waals surface area (Å²) in [7, 11) is -1.25. The number of aryl methyl sites for hydroxylation is 2. The predicted molar refractivity (Wildman–Crippen MR) is 95.0 cm³/mol. The molecule has 0 spiro atoms. The van der Waals surface area contributed by atoms with Crippen LogP contribution in [0.3, 0.4) is 0 Å². The van der Waals surface area contributed by atoms with Crippen LogP contribution in [0.2, 0.25) is 0 Å². The number of carbonyl (C=O) groups excluding carboxylic acids is 1. The van der Waals surface area contributed by atoms with Crippen LogP contribution < -0.4 is 5.32 Å². The van der Waals surface area contributed by atoms with Gasteiger partial charge in [0.2, 0.25) is 0 Å². The maximum Gasteiger partial charge on any atom is 0.268 e. The summed E-state index contributed by atoms with van der Waals surface area (Å²) in [5.74, 6) is -0.0733. The molecular weight excluding hydrogens is 385 g/mol. The molecule has 0 aliphatic heterocycles. The van der Waals surface area contributed by atoms with Crippen molar-refractivity contribution in [3.8, 4) is 0 Å². The van der Waals surface area contributed by atoms with Gasteiger partial charge in [-0.1, -0.05) is 0 Å². The largest absolute Gasteiger partial charge is 0.322 e. The van der Waals surface area contributed by atoms with Crippen molar-refractivity contribution >= 4 is 18.9 Å². The molecule has 0 bridgehead atoms. The number of nitrogens with one attached hydrogen (secondary N) is 1. The summed E-state index contributed by atoms with van der Waals surface area (Å²) in [4.78, 5) is 13.0. The van der Waals surface area contributed by atoms with Gasteiger partial charge < -0.3 is 5.32 Å². The maximum atomic E-state index is 13.4. The zero-order valence-corrected chi connectivity index (χ0v) is 18.7. The number of benzene rings is 1. The summed E-state index contributed by atoms with van der Waals surface area (Å²) in [6, 6.07) is 2.98. The smallest absolute Gasteiger partial charge is 0.268 e. The average molecular weight is 413 g/mol. The Hall–Kier alpha value is 0.154. The molecule has 2 nitrogen and oxygen atoms in total. The van der Waals surface area contributed by atoms with Gasteiger partial charge in [0, 0.05) is 58.5 Å². The van der Waals surface area contributed by atoms with Gasteiger partial charge in [0.05, 0.1) is 18.5 Å². The van der Waals surface area contributed by atoms with Crippen molar-refractivity contribution in [3.63, 3.8) is 0 Å². The molecule has 1 saturated carbocycles. The fraction of sp³-hybridized carbons (Fsp3) is 0.611. The molecule has 1 aromatic carbocycles.